The van der Waals surface area contributed by atoms with Gasteiger partial charge >= 0.3 is 12.5 Å². The maximum absolute atomic E-state index is 12.7. The first-order chi connectivity index (χ1) is 11.1. The fourth-order valence-corrected chi connectivity index (χ4v) is 2.65. The summed E-state index contributed by atoms with van der Waals surface area (Å²) in [4.78, 5) is -0.105. The van der Waals surface area contributed by atoms with Crippen LogP contribution in [-0.2, 0) is 12.6 Å². The molecule has 2 heterocycles. The van der Waals surface area contributed by atoms with Gasteiger partial charge in [0.25, 0.3) is 0 Å². The van der Waals surface area contributed by atoms with Crippen LogP contribution in [0.15, 0.2) is 24.3 Å². The average molecular weight is 368 g/mol. The quantitative estimate of drug-likeness (QED) is 0.662. The summed E-state index contributed by atoms with van der Waals surface area (Å²) >= 11 is 0.292. The van der Waals surface area contributed by atoms with Crippen molar-refractivity contribution >= 4 is 16.3 Å². The molecule has 0 bridgehead atoms. The molecular weight excluding hydrogens is 362 g/mol. The second kappa shape index (κ2) is 5.61. The second-order valence-corrected chi connectivity index (χ2v) is 5.50. The summed E-state index contributed by atoms with van der Waals surface area (Å²) in [5, 5.41) is 9.48. The molecular formula is C12H6F6N4OS. The Morgan fingerprint density at radius 2 is 1.75 bits per heavy atom. The SMILES string of the molecule is FC(F)(F)Oc1ccccc1Cc1nnc2sc(C(F)(F)F)nn12. The number of aromatic nitrogens is 4. The van der Waals surface area contributed by atoms with E-state index >= 15 is 0 Å². The van der Waals surface area contributed by atoms with E-state index in [1.165, 1.54) is 18.2 Å². The third-order valence-electron chi connectivity index (χ3n) is 2.84. The lowest BCUT2D eigenvalue weighted by atomic mass is 10.1. The minimum absolute atomic E-state index is 0.0324. The highest BCUT2D eigenvalue weighted by Gasteiger charge is 2.36. The molecule has 0 unspecified atom stereocenters. The topological polar surface area (TPSA) is 52.3 Å². The van der Waals surface area contributed by atoms with Gasteiger partial charge in [-0.05, 0) is 6.07 Å². The van der Waals surface area contributed by atoms with E-state index in [9.17, 15) is 26.3 Å². The number of benzene rings is 1. The highest BCUT2D eigenvalue weighted by Crippen LogP contribution is 2.33. The van der Waals surface area contributed by atoms with Gasteiger partial charge in [0, 0.05) is 12.0 Å². The maximum atomic E-state index is 12.7. The summed E-state index contributed by atoms with van der Waals surface area (Å²) < 4.78 is 79.9. The van der Waals surface area contributed by atoms with Crippen molar-refractivity contribution in [2.24, 2.45) is 0 Å². The van der Waals surface area contributed by atoms with Crippen molar-refractivity contribution in [1.29, 1.82) is 0 Å². The molecule has 0 saturated heterocycles. The van der Waals surface area contributed by atoms with Crippen LogP contribution >= 0.6 is 11.3 Å². The molecule has 1 aromatic carbocycles. The van der Waals surface area contributed by atoms with E-state index in [1.54, 1.807) is 0 Å². The monoisotopic (exact) mass is 368 g/mol. The molecule has 0 aliphatic rings. The fraction of sp³-hybridized carbons (Fsp3) is 0.250. The molecule has 128 valence electrons. The lowest BCUT2D eigenvalue weighted by molar-refractivity contribution is -0.274. The average Bonchev–Trinajstić information content (AvgIpc) is 3.01. The van der Waals surface area contributed by atoms with Crippen molar-refractivity contribution in [3.8, 4) is 5.75 Å². The Bertz CT molecular complexity index is 868. The first kappa shape index (κ1) is 16.5. The Labute approximate surface area is 133 Å². The largest absolute Gasteiger partial charge is 0.573 e. The molecule has 0 saturated carbocycles. The van der Waals surface area contributed by atoms with E-state index < -0.39 is 23.3 Å². The predicted molar refractivity (Wildman–Crippen MR) is 69.6 cm³/mol. The van der Waals surface area contributed by atoms with Crippen LogP contribution in [0.4, 0.5) is 26.3 Å². The number of halogens is 6. The normalized spacial score (nSPS) is 12.8. The molecule has 0 atom stereocenters. The van der Waals surface area contributed by atoms with Gasteiger partial charge in [-0.2, -0.15) is 17.7 Å². The molecule has 0 aliphatic heterocycles. The summed E-state index contributed by atoms with van der Waals surface area (Å²) in [6, 6.07) is 5.26. The molecule has 0 radical (unpaired) electrons. The van der Waals surface area contributed by atoms with Gasteiger partial charge in [0.1, 0.15) is 5.75 Å². The van der Waals surface area contributed by atoms with E-state index in [0.717, 1.165) is 10.6 Å². The Morgan fingerprint density at radius 1 is 1.04 bits per heavy atom. The van der Waals surface area contributed by atoms with Crippen LogP contribution in [0.1, 0.15) is 16.4 Å². The van der Waals surface area contributed by atoms with Crippen LogP contribution < -0.4 is 4.74 Å². The van der Waals surface area contributed by atoms with E-state index in [4.69, 9.17) is 0 Å². The summed E-state index contributed by atoms with van der Waals surface area (Å²) in [7, 11) is 0. The van der Waals surface area contributed by atoms with Crippen molar-refractivity contribution in [1.82, 2.24) is 19.8 Å². The minimum atomic E-state index is -4.89. The van der Waals surface area contributed by atoms with Gasteiger partial charge in [0.05, 0.1) is 0 Å². The Kier molecular flexibility index (Phi) is 3.86. The zero-order valence-electron chi connectivity index (χ0n) is 11.4. The van der Waals surface area contributed by atoms with Gasteiger partial charge < -0.3 is 4.74 Å². The van der Waals surface area contributed by atoms with E-state index in [1.807, 2.05) is 0 Å². The Hall–Kier alpha value is -2.37. The zero-order valence-corrected chi connectivity index (χ0v) is 12.2. The molecule has 3 rings (SSSR count). The first-order valence-electron chi connectivity index (χ1n) is 6.25. The van der Waals surface area contributed by atoms with Gasteiger partial charge in [-0.15, -0.1) is 28.5 Å². The van der Waals surface area contributed by atoms with Crippen molar-refractivity contribution in [3.05, 3.63) is 40.7 Å². The standard InChI is InChI=1S/C12H6F6N4OS/c13-11(14,15)9-21-22-8(19-20-10(22)24-9)5-6-3-1-2-4-7(6)23-12(16,17)18/h1-4H,5H2. The number of alkyl halides is 6. The van der Waals surface area contributed by atoms with Gasteiger partial charge in [0.15, 0.2) is 5.82 Å². The van der Waals surface area contributed by atoms with Crippen molar-refractivity contribution in [2.45, 2.75) is 19.0 Å². The molecule has 12 heteroatoms. The van der Waals surface area contributed by atoms with E-state index in [-0.39, 0.29) is 22.8 Å². The summed E-state index contributed by atoms with van der Waals surface area (Å²) in [6.07, 6.45) is -9.76. The predicted octanol–water partition coefficient (Wildman–Crippen LogP) is 3.69. The van der Waals surface area contributed by atoms with Crippen LogP contribution in [0.25, 0.3) is 4.96 Å². The van der Waals surface area contributed by atoms with E-state index in [2.05, 4.69) is 20.0 Å². The number of rotatable bonds is 3. The summed E-state index contributed by atoms with van der Waals surface area (Å²) in [6.45, 7) is 0. The lowest BCUT2D eigenvalue weighted by Crippen LogP contribution is -2.18. The Balaban J connectivity index is 1.95. The minimum Gasteiger partial charge on any atom is -0.405 e. The maximum Gasteiger partial charge on any atom is 0.573 e. The number of nitrogens with zero attached hydrogens (tertiary/aromatic N) is 4. The zero-order chi connectivity index (χ0) is 17.5. The second-order valence-electron chi connectivity index (χ2n) is 4.55. The molecule has 0 fully saturated rings. The number of hydrogen-bond acceptors (Lipinski definition) is 5. The molecule has 24 heavy (non-hydrogen) atoms. The van der Waals surface area contributed by atoms with E-state index in [0.29, 0.717) is 11.3 Å². The highest BCUT2D eigenvalue weighted by atomic mass is 32.1. The van der Waals surface area contributed by atoms with Gasteiger partial charge in [-0.25, -0.2) is 0 Å². The molecule has 3 aromatic rings. The molecule has 2 aromatic heterocycles. The summed E-state index contributed by atoms with van der Waals surface area (Å²) in [5.41, 5.74) is 0.0886. The number of para-hydroxylation sites is 1. The molecule has 0 amide bonds. The first-order valence-corrected chi connectivity index (χ1v) is 7.07. The summed E-state index contributed by atoms with van der Waals surface area (Å²) in [5.74, 6) is -0.497. The highest BCUT2D eigenvalue weighted by molar-refractivity contribution is 7.16. The van der Waals surface area contributed by atoms with Crippen molar-refractivity contribution in [2.75, 3.05) is 0 Å². The van der Waals surface area contributed by atoms with Crippen LogP contribution in [0, 0.1) is 0 Å². The third kappa shape index (κ3) is 3.42. The van der Waals surface area contributed by atoms with Crippen molar-refractivity contribution < 1.29 is 31.1 Å². The Morgan fingerprint density at radius 3 is 2.42 bits per heavy atom. The van der Waals surface area contributed by atoms with Gasteiger partial charge in [0.2, 0.25) is 9.97 Å². The molecule has 0 N–H and O–H groups in total. The van der Waals surface area contributed by atoms with Gasteiger partial charge in [-0.3, -0.25) is 0 Å². The number of ether oxygens (including phenoxy) is 1. The van der Waals surface area contributed by atoms with Crippen LogP contribution in [0.5, 0.6) is 5.75 Å². The van der Waals surface area contributed by atoms with Crippen molar-refractivity contribution in [3.63, 3.8) is 0 Å². The lowest BCUT2D eigenvalue weighted by Gasteiger charge is -2.12. The third-order valence-corrected chi connectivity index (χ3v) is 3.79. The van der Waals surface area contributed by atoms with Crippen LogP contribution in [-0.4, -0.2) is 26.2 Å². The van der Waals surface area contributed by atoms with Crippen LogP contribution in [0.2, 0.25) is 0 Å². The number of hydrogen-bond donors (Lipinski definition) is 0. The molecule has 0 aliphatic carbocycles. The smallest absolute Gasteiger partial charge is 0.405 e. The number of fused-ring (bicyclic) bond motifs is 1. The van der Waals surface area contributed by atoms with Crippen LogP contribution in [0.3, 0.4) is 0 Å². The fourth-order valence-electron chi connectivity index (χ4n) is 1.93. The van der Waals surface area contributed by atoms with Gasteiger partial charge in [-0.1, -0.05) is 29.5 Å². The molecule has 0 spiro atoms. The molecule has 5 nitrogen and oxygen atoms in total.